The third kappa shape index (κ3) is 5.57. The molecule has 0 radical (unpaired) electrons. The first-order valence-electron chi connectivity index (χ1n) is 6.10. The lowest BCUT2D eigenvalue weighted by Crippen LogP contribution is -1.99. The van der Waals surface area contributed by atoms with E-state index in [0.29, 0.717) is 18.4 Å². The van der Waals surface area contributed by atoms with Crippen LogP contribution >= 0.6 is 0 Å². The van der Waals surface area contributed by atoms with Crippen LogP contribution in [0.2, 0.25) is 0 Å². The molecule has 18 heavy (non-hydrogen) atoms. The first kappa shape index (κ1) is 14.4. The monoisotopic (exact) mass is 252 g/mol. The van der Waals surface area contributed by atoms with E-state index in [9.17, 15) is 14.0 Å². The van der Waals surface area contributed by atoms with Crippen molar-refractivity contribution < 1.29 is 19.1 Å². The van der Waals surface area contributed by atoms with E-state index in [2.05, 4.69) is 0 Å². The summed E-state index contributed by atoms with van der Waals surface area (Å²) >= 11 is 0. The van der Waals surface area contributed by atoms with E-state index in [0.717, 1.165) is 19.3 Å². The molecular formula is C14H17FO3. The molecule has 1 rings (SSSR count). The molecule has 0 unspecified atom stereocenters. The molecule has 0 spiro atoms. The zero-order valence-electron chi connectivity index (χ0n) is 10.2. The molecule has 0 heterocycles. The standard InChI is InChI=1S/C14H17FO3/c15-12-7-5-6-11(10-12)13(16)8-3-1-2-4-9-14(17)18/h5-7,10H,1-4,8-9H2,(H,17,18). The average molecular weight is 252 g/mol. The zero-order chi connectivity index (χ0) is 13.4. The molecule has 0 aromatic heterocycles. The summed E-state index contributed by atoms with van der Waals surface area (Å²) in [6.45, 7) is 0. The molecule has 0 bridgehead atoms. The first-order chi connectivity index (χ1) is 8.59. The minimum absolute atomic E-state index is 0.0623. The van der Waals surface area contributed by atoms with Crippen LogP contribution in [0.4, 0.5) is 4.39 Å². The van der Waals surface area contributed by atoms with E-state index >= 15 is 0 Å². The van der Waals surface area contributed by atoms with Crippen molar-refractivity contribution in [2.75, 3.05) is 0 Å². The fourth-order valence-corrected chi connectivity index (χ4v) is 1.72. The lowest BCUT2D eigenvalue weighted by atomic mass is 10.0. The Hall–Kier alpha value is -1.71. The van der Waals surface area contributed by atoms with Crippen molar-refractivity contribution in [1.82, 2.24) is 0 Å². The van der Waals surface area contributed by atoms with Crippen molar-refractivity contribution >= 4 is 11.8 Å². The van der Waals surface area contributed by atoms with E-state index in [4.69, 9.17) is 5.11 Å². The van der Waals surface area contributed by atoms with Crippen molar-refractivity contribution in [2.24, 2.45) is 0 Å². The summed E-state index contributed by atoms with van der Waals surface area (Å²) < 4.78 is 12.9. The van der Waals surface area contributed by atoms with Crippen molar-refractivity contribution in [1.29, 1.82) is 0 Å². The number of carbonyl (C=O) groups excluding carboxylic acids is 1. The van der Waals surface area contributed by atoms with Gasteiger partial charge in [0.25, 0.3) is 0 Å². The van der Waals surface area contributed by atoms with Gasteiger partial charge in [0.1, 0.15) is 5.82 Å². The van der Waals surface area contributed by atoms with Gasteiger partial charge < -0.3 is 5.11 Å². The third-order valence-corrected chi connectivity index (χ3v) is 2.69. The summed E-state index contributed by atoms with van der Waals surface area (Å²) in [5.41, 5.74) is 0.403. The summed E-state index contributed by atoms with van der Waals surface area (Å²) in [5.74, 6) is -1.25. The molecule has 0 atom stereocenters. The van der Waals surface area contributed by atoms with Crippen molar-refractivity contribution in [3.63, 3.8) is 0 Å². The minimum atomic E-state index is -0.786. The van der Waals surface area contributed by atoms with E-state index in [-0.39, 0.29) is 12.2 Å². The summed E-state index contributed by atoms with van der Waals surface area (Å²) in [7, 11) is 0. The topological polar surface area (TPSA) is 54.4 Å². The minimum Gasteiger partial charge on any atom is -0.481 e. The molecule has 0 aliphatic carbocycles. The van der Waals surface area contributed by atoms with Crippen LogP contribution in [0, 0.1) is 5.82 Å². The molecule has 1 N–H and O–H groups in total. The molecule has 0 saturated carbocycles. The van der Waals surface area contributed by atoms with Crippen LogP contribution < -0.4 is 0 Å². The Morgan fingerprint density at radius 1 is 1.06 bits per heavy atom. The van der Waals surface area contributed by atoms with Gasteiger partial charge in [0, 0.05) is 18.4 Å². The Bertz CT molecular complexity index is 415. The van der Waals surface area contributed by atoms with Gasteiger partial charge in [-0.1, -0.05) is 25.0 Å². The van der Waals surface area contributed by atoms with E-state index in [1.54, 1.807) is 6.07 Å². The normalized spacial score (nSPS) is 10.3. The third-order valence-electron chi connectivity index (χ3n) is 2.69. The van der Waals surface area contributed by atoms with E-state index < -0.39 is 11.8 Å². The predicted molar refractivity (Wildman–Crippen MR) is 66.1 cm³/mol. The van der Waals surface area contributed by atoms with Gasteiger partial charge in [-0.2, -0.15) is 0 Å². The molecule has 1 aromatic carbocycles. The van der Waals surface area contributed by atoms with Crippen LogP contribution in [0.3, 0.4) is 0 Å². The maximum atomic E-state index is 12.9. The number of unbranched alkanes of at least 4 members (excludes halogenated alkanes) is 3. The second-order valence-corrected chi connectivity index (χ2v) is 4.24. The number of carbonyl (C=O) groups is 2. The number of halogens is 1. The molecular weight excluding hydrogens is 235 g/mol. The number of carboxylic acid groups (broad SMARTS) is 1. The molecule has 0 amide bonds. The molecule has 0 aliphatic heterocycles. The fraction of sp³-hybridized carbons (Fsp3) is 0.429. The number of rotatable bonds is 8. The van der Waals surface area contributed by atoms with Gasteiger partial charge in [0.15, 0.2) is 5.78 Å². The van der Waals surface area contributed by atoms with Crippen LogP contribution in [0.15, 0.2) is 24.3 Å². The van der Waals surface area contributed by atoms with Crippen molar-refractivity contribution in [2.45, 2.75) is 38.5 Å². The van der Waals surface area contributed by atoms with Gasteiger partial charge in [-0.3, -0.25) is 9.59 Å². The number of hydrogen-bond donors (Lipinski definition) is 1. The molecule has 0 aliphatic rings. The number of Topliss-reactive ketones (excluding diaryl/α,β-unsaturated/α-hetero) is 1. The van der Waals surface area contributed by atoms with Crippen LogP contribution in [-0.4, -0.2) is 16.9 Å². The van der Waals surface area contributed by atoms with Gasteiger partial charge in [0.2, 0.25) is 0 Å². The van der Waals surface area contributed by atoms with Gasteiger partial charge >= 0.3 is 5.97 Å². The number of ketones is 1. The molecule has 98 valence electrons. The van der Waals surface area contributed by atoms with Crippen molar-refractivity contribution in [3.8, 4) is 0 Å². The van der Waals surface area contributed by atoms with Gasteiger partial charge in [-0.25, -0.2) is 4.39 Å². The average Bonchev–Trinajstić information content (AvgIpc) is 2.33. The largest absolute Gasteiger partial charge is 0.481 e. The maximum Gasteiger partial charge on any atom is 0.303 e. The highest BCUT2D eigenvalue weighted by Crippen LogP contribution is 2.11. The second-order valence-electron chi connectivity index (χ2n) is 4.24. The number of aliphatic carboxylic acids is 1. The zero-order valence-corrected chi connectivity index (χ0v) is 10.2. The quantitative estimate of drug-likeness (QED) is 0.569. The predicted octanol–water partition coefficient (Wildman–Crippen LogP) is 3.43. The van der Waals surface area contributed by atoms with Crippen LogP contribution in [0.1, 0.15) is 48.9 Å². The molecule has 1 aromatic rings. The van der Waals surface area contributed by atoms with Gasteiger partial charge in [0.05, 0.1) is 0 Å². The van der Waals surface area contributed by atoms with Gasteiger partial charge in [-0.15, -0.1) is 0 Å². The Labute approximate surface area is 106 Å². The number of carboxylic acids is 1. The van der Waals surface area contributed by atoms with Crippen molar-refractivity contribution in [3.05, 3.63) is 35.6 Å². The van der Waals surface area contributed by atoms with Crippen LogP contribution in [-0.2, 0) is 4.79 Å². The lowest BCUT2D eigenvalue weighted by Gasteiger charge is -2.01. The summed E-state index contributed by atoms with van der Waals surface area (Å²) in [5, 5.41) is 8.44. The molecule has 0 fully saturated rings. The maximum absolute atomic E-state index is 12.9. The number of hydrogen-bond acceptors (Lipinski definition) is 2. The molecule has 3 nitrogen and oxygen atoms in total. The smallest absolute Gasteiger partial charge is 0.303 e. The number of benzene rings is 1. The Morgan fingerprint density at radius 3 is 2.33 bits per heavy atom. The highest BCUT2D eigenvalue weighted by molar-refractivity contribution is 5.95. The second kappa shape index (κ2) is 7.58. The summed E-state index contributed by atoms with van der Waals surface area (Å²) in [6.07, 6.45) is 3.56. The lowest BCUT2D eigenvalue weighted by molar-refractivity contribution is -0.137. The van der Waals surface area contributed by atoms with Crippen LogP contribution in [0.5, 0.6) is 0 Å². The Kier molecular flexibility index (Phi) is 6.05. The molecule has 0 saturated heterocycles. The fourth-order valence-electron chi connectivity index (χ4n) is 1.72. The van der Waals surface area contributed by atoms with E-state index in [1.807, 2.05) is 0 Å². The Balaban J connectivity index is 2.20. The SMILES string of the molecule is O=C(O)CCCCCCC(=O)c1cccc(F)c1. The first-order valence-corrected chi connectivity index (χ1v) is 6.10. The summed E-state index contributed by atoms with van der Waals surface area (Å²) in [4.78, 5) is 21.9. The Morgan fingerprint density at radius 2 is 1.72 bits per heavy atom. The summed E-state index contributed by atoms with van der Waals surface area (Å²) in [6, 6.07) is 5.68. The van der Waals surface area contributed by atoms with E-state index in [1.165, 1.54) is 18.2 Å². The highest BCUT2D eigenvalue weighted by atomic mass is 19.1. The van der Waals surface area contributed by atoms with Crippen LogP contribution in [0.25, 0.3) is 0 Å². The molecule has 4 heteroatoms. The van der Waals surface area contributed by atoms with Gasteiger partial charge in [-0.05, 0) is 25.0 Å². The highest BCUT2D eigenvalue weighted by Gasteiger charge is 2.06.